The Morgan fingerprint density at radius 1 is 1.19 bits per heavy atom. The summed E-state index contributed by atoms with van der Waals surface area (Å²) >= 11 is 0. The molecule has 6 nitrogen and oxygen atoms in total. The minimum Gasteiger partial charge on any atom is -0.595 e. The van der Waals surface area contributed by atoms with Gasteiger partial charge in [-0.2, -0.15) is 10.3 Å². The standard InChI is InChI=1S/C15H13N3O3/c19-15-9-12-3-1-2-4-14(12)17(15)16-10-11-5-7-13(8-6-11)18(20)21/h1-8,10,18,20H,9H2/b16-10+. The number of hydrazone groups is 1. The van der Waals surface area contributed by atoms with Gasteiger partial charge in [-0.15, -0.1) is 0 Å². The highest BCUT2D eigenvalue weighted by molar-refractivity contribution is 6.02. The van der Waals surface area contributed by atoms with Crippen molar-refractivity contribution in [1.82, 2.24) is 0 Å². The molecule has 21 heavy (non-hydrogen) atoms. The minimum atomic E-state index is -0.970. The Morgan fingerprint density at radius 3 is 2.62 bits per heavy atom. The Labute approximate surface area is 121 Å². The molecule has 1 amide bonds. The second-order valence-electron chi connectivity index (χ2n) is 4.68. The predicted octanol–water partition coefficient (Wildman–Crippen LogP) is 1.01. The second kappa shape index (κ2) is 5.45. The molecule has 0 radical (unpaired) electrons. The molecular formula is C15H13N3O3. The number of amides is 1. The Bertz CT molecular complexity index is 696. The summed E-state index contributed by atoms with van der Waals surface area (Å²) in [6.07, 6.45) is 1.90. The number of hydrogen-bond acceptors (Lipinski definition) is 4. The van der Waals surface area contributed by atoms with Gasteiger partial charge in [0.05, 0.1) is 18.3 Å². The van der Waals surface area contributed by atoms with Crippen molar-refractivity contribution in [2.24, 2.45) is 5.10 Å². The zero-order valence-electron chi connectivity index (χ0n) is 11.1. The molecule has 2 N–H and O–H groups in total. The monoisotopic (exact) mass is 283 g/mol. The quantitative estimate of drug-likeness (QED) is 0.651. The SMILES string of the molecule is O=C1Cc2ccccc2N1/N=C/c1ccc([NH+]([O-])O)cc1. The van der Waals surface area contributed by atoms with Crippen LogP contribution < -0.4 is 10.2 Å². The van der Waals surface area contributed by atoms with E-state index < -0.39 is 5.23 Å². The molecule has 106 valence electrons. The first kappa shape index (κ1) is 13.4. The fourth-order valence-electron chi connectivity index (χ4n) is 2.20. The van der Waals surface area contributed by atoms with Crippen LogP contribution in [0.4, 0.5) is 11.4 Å². The molecule has 0 bridgehead atoms. The molecule has 2 aromatic rings. The van der Waals surface area contributed by atoms with Crippen LogP contribution in [-0.4, -0.2) is 17.3 Å². The highest BCUT2D eigenvalue weighted by atomic mass is 16.8. The number of benzene rings is 2. The molecule has 1 aliphatic rings. The van der Waals surface area contributed by atoms with E-state index in [-0.39, 0.29) is 11.6 Å². The molecule has 1 aliphatic heterocycles. The molecule has 0 aliphatic carbocycles. The van der Waals surface area contributed by atoms with Gasteiger partial charge in [0.2, 0.25) is 0 Å². The molecule has 3 rings (SSSR count). The van der Waals surface area contributed by atoms with E-state index in [1.54, 1.807) is 18.3 Å². The maximum atomic E-state index is 11.9. The third-order valence-electron chi connectivity index (χ3n) is 3.28. The van der Waals surface area contributed by atoms with Crippen molar-refractivity contribution in [2.45, 2.75) is 6.42 Å². The normalized spacial score (nSPS) is 15.5. The summed E-state index contributed by atoms with van der Waals surface area (Å²) in [4.78, 5) is 11.9. The van der Waals surface area contributed by atoms with E-state index in [0.29, 0.717) is 6.42 Å². The van der Waals surface area contributed by atoms with Gasteiger partial charge in [-0.25, -0.2) is 10.2 Å². The lowest BCUT2D eigenvalue weighted by molar-refractivity contribution is -0.991. The van der Waals surface area contributed by atoms with Crippen LogP contribution >= 0.6 is 0 Å². The third kappa shape index (κ3) is 2.68. The Morgan fingerprint density at radius 2 is 1.90 bits per heavy atom. The van der Waals surface area contributed by atoms with Crippen LogP contribution in [0.15, 0.2) is 53.6 Å². The maximum Gasteiger partial charge on any atom is 0.251 e. The summed E-state index contributed by atoms with van der Waals surface area (Å²) in [6, 6.07) is 13.8. The number of carbonyl (C=O) groups excluding carboxylic acids is 1. The summed E-state index contributed by atoms with van der Waals surface area (Å²) in [5, 5.41) is 24.2. The lowest BCUT2D eigenvalue weighted by atomic mass is 10.2. The second-order valence-corrected chi connectivity index (χ2v) is 4.68. The highest BCUT2D eigenvalue weighted by Crippen LogP contribution is 2.28. The summed E-state index contributed by atoms with van der Waals surface area (Å²) in [7, 11) is 0. The van der Waals surface area contributed by atoms with Crippen LogP contribution in [0.1, 0.15) is 11.1 Å². The highest BCUT2D eigenvalue weighted by Gasteiger charge is 2.26. The van der Waals surface area contributed by atoms with E-state index >= 15 is 0 Å². The molecule has 6 heteroatoms. The van der Waals surface area contributed by atoms with Gasteiger partial charge in [-0.1, -0.05) is 18.2 Å². The number of hydrogen-bond donors (Lipinski definition) is 2. The Hall–Kier alpha value is -2.54. The first-order valence-electron chi connectivity index (χ1n) is 6.43. The lowest BCUT2D eigenvalue weighted by Gasteiger charge is -2.11. The number of fused-ring (bicyclic) bond motifs is 1. The maximum absolute atomic E-state index is 11.9. The van der Waals surface area contributed by atoms with Crippen molar-refractivity contribution in [2.75, 3.05) is 5.01 Å². The van der Waals surface area contributed by atoms with Gasteiger partial charge >= 0.3 is 0 Å². The number of nitrogens with one attached hydrogen (secondary N) is 1. The van der Waals surface area contributed by atoms with Gasteiger partial charge in [-0.05, 0) is 29.3 Å². The fraction of sp³-hybridized carbons (Fsp3) is 0.0667. The molecule has 2 aromatic carbocycles. The smallest absolute Gasteiger partial charge is 0.251 e. The van der Waals surface area contributed by atoms with Gasteiger partial charge in [0.15, 0.2) is 5.69 Å². The van der Waals surface area contributed by atoms with E-state index in [9.17, 15) is 10.0 Å². The first-order valence-corrected chi connectivity index (χ1v) is 6.43. The topological polar surface area (TPSA) is 80.4 Å². The summed E-state index contributed by atoms with van der Waals surface area (Å²) in [6.45, 7) is 0. The molecule has 0 aromatic heterocycles. The van der Waals surface area contributed by atoms with Gasteiger partial charge < -0.3 is 5.21 Å². The Kier molecular flexibility index (Phi) is 3.49. The first-order chi connectivity index (χ1) is 10.1. The van der Waals surface area contributed by atoms with Crippen LogP contribution in [-0.2, 0) is 11.2 Å². The van der Waals surface area contributed by atoms with E-state index in [4.69, 9.17) is 5.21 Å². The molecular weight excluding hydrogens is 270 g/mol. The number of anilines is 1. The van der Waals surface area contributed by atoms with Gasteiger partial charge in [0.25, 0.3) is 5.91 Å². The number of carbonyl (C=O) groups is 1. The molecule has 0 saturated carbocycles. The van der Waals surface area contributed by atoms with Gasteiger partial charge in [0, 0.05) is 12.1 Å². The molecule has 1 unspecified atom stereocenters. The van der Waals surface area contributed by atoms with Gasteiger partial charge in [-0.3, -0.25) is 4.79 Å². The zero-order chi connectivity index (χ0) is 14.8. The van der Waals surface area contributed by atoms with Crippen molar-refractivity contribution in [3.63, 3.8) is 0 Å². The number of para-hydroxylation sites is 1. The third-order valence-corrected chi connectivity index (χ3v) is 3.28. The van der Waals surface area contributed by atoms with Crippen LogP contribution in [0.25, 0.3) is 0 Å². The Balaban J connectivity index is 1.81. The number of nitrogens with zero attached hydrogens (tertiary/aromatic N) is 2. The number of rotatable bonds is 3. The van der Waals surface area contributed by atoms with Crippen molar-refractivity contribution >= 4 is 23.5 Å². The summed E-state index contributed by atoms with van der Waals surface area (Å²) in [5.41, 5.74) is 2.70. The van der Waals surface area contributed by atoms with Crippen molar-refractivity contribution in [3.05, 3.63) is 64.9 Å². The summed E-state index contributed by atoms with van der Waals surface area (Å²) < 4.78 is 0. The van der Waals surface area contributed by atoms with Crippen LogP contribution in [0, 0.1) is 5.21 Å². The largest absolute Gasteiger partial charge is 0.595 e. The molecule has 0 saturated heterocycles. The lowest BCUT2D eigenvalue weighted by Crippen LogP contribution is -2.99. The average Bonchev–Trinajstić information content (AvgIpc) is 2.81. The average molecular weight is 283 g/mol. The molecule has 0 spiro atoms. The number of quaternary nitrogens is 1. The molecule has 0 fully saturated rings. The molecule has 1 heterocycles. The summed E-state index contributed by atoms with van der Waals surface area (Å²) in [5.74, 6) is -0.0744. The van der Waals surface area contributed by atoms with Crippen LogP contribution in [0.3, 0.4) is 0 Å². The van der Waals surface area contributed by atoms with Crippen LogP contribution in [0.5, 0.6) is 0 Å². The van der Waals surface area contributed by atoms with E-state index in [1.807, 2.05) is 24.3 Å². The van der Waals surface area contributed by atoms with Crippen LogP contribution in [0.2, 0.25) is 0 Å². The van der Waals surface area contributed by atoms with E-state index in [2.05, 4.69) is 5.10 Å². The zero-order valence-corrected chi connectivity index (χ0v) is 11.1. The van der Waals surface area contributed by atoms with E-state index in [0.717, 1.165) is 16.8 Å². The van der Waals surface area contributed by atoms with Crippen molar-refractivity contribution in [1.29, 1.82) is 0 Å². The minimum absolute atomic E-state index is 0.0744. The van der Waals surface area contributed by atoms with Crippen molar-refractivity contribution in [3.8, 4) is 0 Å². The van der Waals surface area contributed by atoms with Gasteiger partial charge in [0.1, 0.15) is 0 Å². The van der Waals surface area contributed by atoms with E-state index in [1.165, 1.54) is 17.1 Å². The predicted molar refractivity (Wildman–Crippen MR) is 77.4 cm³/mol. The van der Waals surface area contributed by atoms with Crippen molar-refractivity contribution < 1.29 is 15.2 Å². The fourth-order valence-corrected chi connectivity index (χ4v) is 2.20. The molecule has 1 atom stereocenters.